The lowest BCUT2D eigenvalue weighted by Crippen LogP contribution is -2.37. The smallest absolute Gasteiger partial charge is 0.255 e. The molecule has 3 heterocycles. The van der Waals surface area contributed by atoms with Crippen LogP contribution in [-0.2, 0) is 31.5 Å². The van der Waals surface area contributed by atoms with E-state index in [0.29, 0.717) is 6.54 Å². The molecule has 3 rings (SSSR count). The van der Waals surface area contributed by atoms with E-state index in [-0.39, 0.29) is 11.0 Å². The number of aromatic nitrogens is 4. The maximum atomic E-state index is 12.5. The Kier molecular flexibility index (Phi) is 4.34. The summed E-state index contributed by atoms with van der Waals surface area (Å²) < 4.78 is 2.01. The molecule has 0 aliphatic carbocycles. The molecule has 6 heteroatoms. The molecule has 0 radical (unpaired) electrons. The number of aryl methyl sites for hydroxylation is 1. The SMILES string of the molecule is CCn1ncc(CN2CCc3nc(C(C)(C)C)[nH]c(=O)c3C2)c1C. The van der Waals surface area contributed by atoms with E-state index in [1.807, 2.05) is 10.9 Å². The first-order valence-corrected chi connectivity index (χ1v) is 8.65. The highest BCUT2D eigenvalue weighted by Crippen LogP contribution is 2.21. The Bertz CT molecular complexity index is 797. The van der Waals surface area contributed by atoms with Crippen LogP contribution in [0.5, 0.6) is 0 Å². The average molecular weight is 329 g/mol. The number of rotatable bonds is 3. The van der Waals surface area contributed by atoms with Crippen LogP contribution in [0, 0.1) is 6.92 Å². The molecule has 0 amide bonds. The summed E-state index contributed by atoms with van der Waals surface area (Å²) in [5.41, 5.74) is 4.08. The molecule has 2 aromatic rings. The van der Waals surface area contributed by atoms with Gasteiger partial charge in [-0.15, -0.1) is 0 Å². The Balaban J connectivity index is 1.82. The van der Waals surface area contributed by atoms with Crippen molar-refractivity contribution in [3.8, 4) is 0 Å². The Morgan fingerprint density at radius 1 is 1.33 bits per heavy atom. The Morgan fingerprint density at radius 2 is 2.08 bits per heavy atom. The quantitative estimate of drug-likeness (QED) is 0.937. The summed E-state index contributed by atoms with van der Waals surface area (Å²) in [6.45, 7) is 13.7. The molecule has 0 fully saturated rings. The number of aromatic amines is 1. The Hall–Kier alpha value is -1.95. The van der Waals surface area contributed by atoms with Gasteiger partial charge in [-0.3, -0.25) is 14.4 Å². The Morgan fingerprint density at radius 3 is 2.71 bits per heavy atom. The molecule has 1 aliphatic heterocycles. The van der Waals surface area contributed by atoms with Crippen molar-refractivity contribution in [2.45, 2.75) is 66.1 Å². The van der Waals surface area contributed by atoms with Gasteiger partial charge in [0, 0.05) is 49.3 Å². The first kappa shape index (κ1) is 16.9. The van der Waals surface area contributed by atoms with Crippen LogP contribution in [-0.4, -0.2) is 31.2 Å². The number of nitrogens with zero attached hydrogens (tertiary/aromatic N) is 4. The van der Waals surface area contributed by atoms with Crippen molar-refractivity contribution >= 4 is 0 Å². The Labute approximate surface area is 142 Å². The van der Waals surface area contributed by atoms with E-state index in [2.05, 4.69) is 49.6 Å². The van der Waals surface area contributed by atoms with Gasteiger partial charge in [-0.25, -0.2) is 4.98 Å². The second-order valence-electron chi connectivity index (χ2n) is 7.62. The number of H-pyrrole nitrogens is 1. The van der Waals surface area contributed by atoms with E-state index in [4.69, 9.17) is 4.98 Å². The summed E-state index contributed by atoms with van der Waals surface area (Å²) >= 11 is 0. The second-order valence-corrected chi connectivity index (χ2v) is 7.62. The maximum Gasteiger partial charge on any atom is 0.255 e. The van der Waals surface area contributed by atoms with Crippen LogP contribution in [0.1, 0.15) is 56.0 Å². The molecule has 24 heavy (non-hydrogen) atoms. The second kappa shape index (κ2) is 6.16. The monoisotopic (exact) mass is 329 g/mol. The fourth-order valence-corrected chi connectivity index (χ4v) is 3.17. The zero-order chi connectivity index (χ0) is 17.5. The van der Waals surface area contributed by atoms with Crippen LogP contribution in [0.2, 0.25) is 0 Å². The van der Waals surface area contributed by atoms with Crippen molar-refractivity contribution in [2.24, 2.45) is 0 Å². The van der Waals surface area contributed by atoms with E-state index < -0.39 is 0 Å². The minimum atomic E-state index is -0.142. The van der Waals surface area contributed by atoms with Gasteiger partial charge in [0.2, 0.25) is 0 Å². The van der Waals surface area contributed by atoms with Gasteiger partial charge in [0.25, 0.3) is 5.56 Å². The zero-order valence-corrected chi connectivity index (χ0v) is 15.3. The summed E-state index contributed by atoms with van der Waals surface area (Å²) in [6.07, 6.45) is 2.77. The fourth-order valence-electron chi connectivity index (χ4n) is 3.17. The molecule has 130 valence electrons. The molecule has 1 N–H and O–H groups in total. The molecule has 0 saturated heterocycles. The number of fused-ring (bicyclic) bond motifs is 1. The van der Waals surface area contributed by atoms with E-state index in [9.17, 15) is 4.79 Å². The van der Waals surface area contributed by atoms with E-state index in [1.54, 1.807) is 0 Å². The van der Waals surface area contributed by atoms with Gasteiger partial charge in [-0.1, -0.05) is 20.8 Å². The summed E-state index contributed by atoms with van der Waals surface area (Å²) in [5.74, 6) is 0.778. The van der Waals surface area contributed by atoms with Crippen LogP contribution >= 0.6 is 0 Å². The highest BCUT2D eigenvalue weighted by atomic mass is 16.1. The summed E-state index contributed by atoms with van der Waals surface area (Å²) in [7, 11) is 0. The van der Waals surface area contributed by atoms with Gasteiger partial charge < -0.3 is 4.98 Å². The topological polar surface area (TPSA) is 66.8 Å². The predicted molar refractivity (Wildman–Crippen MR) is 94.0 cm³/mol. The van der Waals surface area contributed by atoms with Crippen molar-refractivity contribution in [2.75, 3.05) is 6.54 Å². The number of nitrogens with one attached hydrogen (secondary N) is 1. The largest absolute Gasteiger partial charge is 0.310 e. The first-order valence-electron chi connectivity index (χ1n) is 8.65. The van der Waals surface area contributed by atoms with Crippen molar-refractivity contribution < 1.29 is 0 Å². The third kappa shape index (κ3) is 3.15. The van der Waals surface area contributed by atoms with Gasteiger partial charge in [0.1, 0.15) is 5.82 Å². The van der Waals surface area contributed by atoms with Gasteiger partial charge >= 0.3 is 0 Å². The van der Waals surface area contributed by atoms with Crippen LogP contribution < -0.4 is 5.56 Å². The standard InChI is InChI=1S/C18H27N5O/c1-6-23-12(2)13(9-19-23)10-22-8-7-15-14(11-22)16(24)21-17(20-15)18(3,4)5/h9H,6-8,10-11H2,1-5H3,(H,20,21,24). The van der Waals surface area contributed by atoms with E-state index in [0.717, 1.165) is 43.1 Å². The predicted octanol–water partition coefficient (Wildman–Crippen LogP) is 2.15. The molecule has 0 atom stereocenters. The van der Waals surface area contributed by atoms with Gasteiger partial charge in [0.05, 0.1) is 17.5 Å². The molecular weight excluding hydrogens is 302 g/mol. The third-order valence-electron chi connectivity index (χ3n) is 4.76. The van der Waals surface area contributed by atoms with Gasteiger partial charge in [-0.2, -0.15) is 5.10 Å². The van der Waals surface area contributed by atoms with Crippen LogP contribution in [0.15, 0.2) is 11.0 Å². The molecule has 0 saturated carbocycles. The molecule has 6 nitrogen and oxygen atoms in total. The van der Waals surface area contributed by atoms with Crippen LogP contribution in [0.3, 0.4) is 0 Å². The molecule has 0 bridgehead atoms. The summed E-state index contributed by atoms with van der Waals surface area (Å²) in [6, 6.07) is 0. The van der Waals surface area contributed by atoms with Crippen molar-refractivity contribution in [3.63, 3.8) is 0 Å². The van der Waals surface area contributed by atoms with Crippen molar-refractivity contribution in [1.82, 2.24) is 24.6 Å². The zero-order valence-electron chi connectivity index (χ0n) is 15.3. The molecule has 0 unspecified atom stereocenters. The lowest BCUT2D eigenvalue weighted by molar-refractivity contribution is 0.240. The summed E-state index contributed by atoms with van der Waals surface area (Å²) in [5, 5.41) is 4.41. The molecule has 0 aromatic carbocycles. The van der Waals surface area contributed by atoms with Crippen LogP contribution in [0.4, 0.5) is 0 Å². The highest BCUT2D eigenvalue weighted by Gasteiger charge is 2.25. The number of hydrogen-bond acceptors (Lipinski definition) is 4. The minimum Gasteiger partial charge on any atom is -0.310 e. The lowest BCUT2D eigenvalue weighted by atomic mass is 9.95. The lowest BCUT2D eigenvalue weighted by Gasteiger charge is -2.28. The van der Waals surface area contributed by atoms with E-state index >= 15 is 0 Å². The normalized spacial score (nSPS) is 15.5. The first-order chi connectivity index (χ1) is 11.3. The molecule has 2 aromatic heterocycles. The highest BCUT2D eigenvalue weighted by molar-refractivity contribution is 5.23. The van der Waals surface area contributed by atoms with Gasteiger partial charge in [0.15, 0.2) is 0 Å². The minimum absolute atomic E-state index is 0.00982. The van der Waals surface area contributed by atoms with E-state index in [1.165, 1.54) is 11.3 Å². The van der Waals surface area contributed by atoms with Crippen molar-refractivity contribution in [3.05, 3.63) is 44.9 Å². The molecule has 0 spiro atoms. The van der Waals surface area contributed by atoms with Crippen molar-refractivity contribution in [1.29, 1.82) is 0 Å². The van der Waals surface area contributed by atoms with Crippen LogP contribution in [0.25, 0.3) is 0 Å². The third-order valence-corrected chi connectivity index (χ3v) is 4.76. The fraction of sp³-hybridized carbons (Fsp3) is 0.611. The molecular formula is C18H27N5O. The number of hydrogen-bond donors (Lipinski definition) is 1. The van der Waals surface area contributed by atoms with Gasteiger partial charge in [-0.05, 0) is 13.8 Å². The maximum absolute atomic E-state index is 12.5. The molecule has 1 aliphatic rings. The summed E-state index contributed by atoms with van der Waals surface area (Å²) in [4.78, 5) is 22.5. The average Bonchev–Trinajstić information content (AvgIpc) is 2.87.